The van der Waals surface area contributed by atoms with Crippen molar-refractivity contribution < 1.29 is 18.3 Å². The second-order valence-electron chi connectivity index (χ2n) is 7.82. The minimum atomic E-state index is -0.799. The molecule has 4 aromatic rings. The maximum atomic E-state index is 13.9. The van der Waals surface area contributed by atoms with Gasteiger partial charge in [-0.15, -0.1) is 0 Å². The highest BCUT2D eigenvalue weighted by atomic mass is 19.1. The molecule has 3 heterocycles. The van der Waals surface area contributed by atoms with Crippen LogP contribution in [0.1, 0.15) is 41.6 Å². The molecule has 160 valence electrons. The van der Waals surface area contributed by atoms with Gasteiger partial charge in [0.15, 0.2) is 5.43 Å². The Bertz CT molecular complexity index is 1400. The number of hydrogen-bond acceptors (Lipinski definition) is 5. The normalized spacial score (nSPS) is 15.4. The number of benzene rings is 2. The van der Waals surface area contributed by atoms with Crippen LogP contribution in [0.25, 0.3) is 11.0 Å². The molecule has 0 fully saturated rings. The third-order valence-corrected chi connectivity index (χ3v) is 5.27. The molecule has 0 saturated carbocycles. The molecule has 1 unspecified atom stereocenters. The Morgan fingerprint density at radius 2 is 1.91 bits per heavy atom. The topological polar surface area (TPSA) is 72.6 Å². The predicted molar refractivity (Wildman–Crippen MR) is 118 cm³/mol. The summed E-state index contributed by atoms with van der Waals surface area (Å²) in [5.41, 5.74) is 0.513. The first-order chi connectivity index (χ1) is 15.4. The largest absolute Gasteiger partial charge is 0.491 e. The second-order valence-corrected chi connectivity index (χ2v) is 7.82. The average molecular weight is 430 g/mol. The lowest BCUT2D eigenvalue weighted by molar-refractivity contribution is 0.0970. The number of carbonyl (C=O) groups excluding carboxylic acids is 1. The van der Waals surface area contributed by atoms with Crippen LogP contribution in [0.2, 0.25) is 0 Å². The summed E-state index contributed by atoms with van der Waals surface area (Å²) >= 11 is 0. The van der Waals surface area contributed by atoms with Gasteiger partial charge in [-0.05, 0) is 61.9 Å². The lowest BCUT2D eigenvalue weighted by atomic mass is 9.98. The van der Waals surface area contributed by atoms with E-state index in [1.807, 2.05) is 26.0 Å². The van der Waals surface area contributed by atoms with Gasteiger partial charge in [-0.1, -0.05) is 18.2 Å². The zero-order chi connectivity index (χ0) is 22.4. The summed E-state index contributed by atoms with van der Waals surface area (Å²) < 4.78 is 25.5. The van der Waals surface area contributed by atoms with Crippen LogP contribution in [-0.2, 0) is 0 Å². The summed E-state index contributed by atoms with van der Waals surface area (Å²) in [6.45, 7) is 3.83. The minimum Gasteiger partial charge on any atom is -0.491 e. The fourth-order valence-corrected chi connectivity index (χ4v) is 4.02. The number of carbonyl (C=O) groups is 1. The summed E-state index contributed by atoms with van der Waals surface area (Å²) in [4.78, 5) is 32.7. The quantitative estimate of drug-likeness (QED) is 0.462. The molecule has 0 N–H and O–H groups in total. The number of aromatic nitrogens is 1. The number of amides is 1. The molecular weight excluding hydrogens is 411 g/mol. The molecule has 0 radical (unpaired) electrons. The highest BCUT2D eigenvalue weighted by Gasteiger charge is 2.44. The van der Waals surface area contributed by atoms with Crippen molar-refractivity contribution in [3.05, 3.63) is 99.8 Å². The standard InChI is InChI=1S/C25H19FN2O4/c1-14(2)31-17-7-5-6-15(12-17)22-21-23(29)18-13-16(26)9-10-19(18)32-24(21)25(30)28(22)20-8-3-4-11-27-20/h3-14,22H,1-2H3. The summed E-state index contributed by atoms with van der Waals surface area (Å²) in [5, 5.41) is 0.0824. The van der Waals surface area contributed by atoms with E-state index >= 15 is 0 Å². The van der Waals surface area contributed by atoms with Gasteiger partial charge < -0.3 is 9.15 Å². The Morgan fingerprint density at radius 3 is 2.66 bits per heavy atom. The number of nitrogens with zero attached hydrogens (tertiary/aromatic N) is 2. The van der Waals surface area contributed by atoms with E-state index in [2.05, 4.69) is 4.98 Å². The van der Waals surface area contributed by atoms with E-state index in [-0.39, 0.29) is 28.4 Å². The summed E-state index contributed by atoms with van der Waals surface area (Å²) in [6.07, 6.45) is 1.52. The minimum absolute atomic E-state index is 0.0494. The highest BCUT2D eigenvalue weighted by Crippen LogP contribution is 2.41. The van der Waals surface area contributed by atoms with E-state index in [1.165, 1.54) is 17.0 Å². The molecule has 0 aliphatic carbocycles. The fourth-order valence-electron chi connectivity index (χ4n) is 4.02. The van der Waals surface area contributed by atoms with E-state index in [4.69, 9.17) is 9.15 Å². The van der Waals surface area contributed by atoms with Gasteiger partial charge in [-0.2, -0.15) is 0 Å². The molecule has 0 saturated heterocycles. The Morgan fingerprint density at radius 1 is 1.06 bits per heavy atom. The van der Waals surface area contributed by atoms with Crippen LogP contribution in [0.3, 0.4) is 0 Å². The van der Waals surface area contributed by atoms with Crippen molar-refractivity contribution in [3.8, 4) is 5.75 Å². The van der Waals surface area contributed by atoms with Gasteiger partial charge in [-0.25, -0.2) is 9.37 Å². The number of ether oxygens (including phenoxy) is 1. The van der Waals surface area contributed by atoms with Gasteiger partial charge >= 0.3 is 0 Å². The third kappa shape index (κ3) is 3.22. The first kappa shape index (κ1) is 19.9. The van der Waals surface area contributed by atoms with Gasteiger partial charge in [0.25, 0.3) is 5.91 Å². The number of fused-ring (bicyclic) bond motifs is 2. The molecular formula is C25H19FN2O4. The summed E-state index contributed by atoms with van der Waals surface area (Å²) in [7, 11) is 0. The van der Waals surface area contributed by atoms with Gasteiger partial charge in [0.1, 0.15) is 23.0 Å². The summed E-state index contributed by atoms with van der Waals surface area (Å²) in [6, 6.07) is 15.3. The van der Waals surface area contributed by atoms with Crippen molar-refractivity contribution in [2.24, 2.45) is 0 Å². The number of anilines is 1. The van der Waals surface area contributed by atoms with Crippen molar-refractivity contribution in [3.63, 3.8) is 0 Å². The zero-order valence-corrected chi connectivity index (χ0v) is 17.4. The monoisotopic (exact) mass is 430 g/mol. The Kier molecular flexibility index (Phi) is 4.74. The van der Waals surface area contributed by atoms with E-state index in [1.54, 1.807) is 36.5 Å². The van der Waals surface area contributed by atoms with Crippen LogP contribution in [0, 0.1) is 5.82 Å². The predicted octanol–water partition coefficient (Wildman–Crippen LogP) is 4.86. The van der Waals surface area contributed by atoms with Crippen molar-refractivity contribution in [1.82, 2.24) is 4.98 Å². The smallest absolute Gasteiger partial charge is 0.296 e. The van der Waals surface area contributed by atoms with Gasteiger partial charge in [0.2, 0.25) is 5.76 Å². The Balaban J connectivity index is 1.78. The molecule has 1 aliphatic heterocycles. The maximum absolute atomic E-state index is 13.9. The fraction of sp³-hybridized carbons (Fsp3) is 0.160. The molecule has 1 aliphatic rings. The first-order valence-corrected chi connectivity index (χ1v) is 10.2. The van der Waals surface area contributed by atoms with E-state index in [0.29, 0.717) is 17.1 Å². The lowest BCUT2D eigenvalue weighted by Gasteiger charge is -2.24. The van der Waals surface area contributed by atoms with E-state index < -0.39 is 23.2 Å². The number of pyridine rings is 1. The van der Waals surface area contributed by atoms with Crippen LogP contribution in [0.4, 0.5) is 10.2 Å². The SMILES string of the molecule is CC(C)Oc1cccc(C2c3c(oc4ccc(F)cc4c3=O)C(=O)N2c2ccccn2)c1. The van der Waals surface area contributed by atoms with Crippen LogP contribution in [-0.4, -0.2) is 17.0 Å². The molecule has 2 aromatic heterocycles. The number of halogens is 1. The average Bonchev–Trinajstić information content (AvgIpc) is 3.07. The first-order valence-electron chi connectivity index (χ1n) is 10.2. The Labute approximate surface area is 182 Å². The maximum Gasteiger partial charge on any atom is 0.296 e. The third-order valence-electron chi connectivity index (χ3n) is 5.27. The second kappa shape index (κ2) is 7.60. The molecule has 0 spiro atoms. The van der Waals surface area contributed by atoms with E-state index in [0.717, 1.165) is 6.07 Å². The van der Waals surface area contributed by atoms with E-state index in [9.17, 15) is 14.0 Å². The van der Waals surface area contributed by atoms with Crippen LogP contribution in [0.5, 0.6) is 5.75 Å². The molecule has 5 rings (SSSR count). The van der Waals surface area contributed by atoms with Crippen molar-refractivity contribution in [2.45, 2.75) is 26.0 Å². The molecule has 1 atom stereocenters. The van der Waals surface area contributed by atoms with Crippen molar-refractivity contribution >= 4 is 22.7 Å². The summed E-state index contributed by atoms with van der Waals surface area (Å²) in [5.74, 6) is -0.129. The van der Waals surface area contributed by atoms with Crippen molar-refractivity contribution in [1.29, 1.82) is 0 Å². The molecule has 0 bridgehead atoms. The van der Waals surface area contributed by atoms with Gasteiger partial charge in [-0.3, -0.25) is 14.5 Å². The van der Waals surface area contributed by atoms with Crippen molar-refractivity contribution in [2.75, 3.05) is 4.90 Å². The Hall–Kier alpha value is -4.00. The number of hydrogen-bond donors (Lipinski definition) is 0. The molecule has 2 aromatic carbocycles. The van der Waals surface area contributed by atoms with Crippen LogP contribution < -0.4 is 15.1 Å². The molecule has 6 nitrogen and oxygen atoms in total. The van der Waals surface area contributed by atoms with Crippen LogP contribution in [0.15, 0.2) is 76.1 Å². The van der Waals surface area contributed by atoms with Crippen LogP contribution >= 0.6 is 0 Å². The molecule has 32 heavy (non-hydrogen) atoms. The van der Waals surface area contributed by atoms with Gasteiger partial charge in [0.05, 0.1) is 23.1 Å². The number of rotatable bonds is 4. The molecule has 7 heteroatoms. The zero-order valence-electron chi connectivity index (χ0n) is 17.4. The lowest BCUT2D eigenvalue weighted by Crippen LogP contribution is -2.30. The molecule has 1 amide bonds. The van der Waals surface area contributed by atoms with Gasteiger partial charge in [0, 0.05) is 6.20 Å². The highest BCUT2D eigenvalue weighted by molar-refractivity contribution is 6.10.